The normalized spacial score (nSPS) is 20.3. The lowest BCUT2D eigenvalue weighted by molar-refractivity contribution is 0.0985. The summed E-state index contributed by atoms with van der Waals surface area (Å²) in [4.78, 5) is 7.00. The van der Waals surface area contributed by atoms with Crippen molar-refractivity contribution in [3.05, 3.63) is 41.5 Å². The molecule has 2 aliphatic rings. The van der Waals surface area contributed by atoms with Crippen LogP contribution in [0.1, 0.15) is 24.0 Å². The van der Waals surface area contributed by atoms with Gasteiger partial charge in [-0.3, -0.25) is 9.78 Å². The van der Waals surface area contributed by atoms with Crippen molar-refractivity contribution in [3.63, 3.8) is 0 Å². The zero-order valence-electron chi connectivity index (χ0n) is 16.8. The van der Waals surface area contributed by atoms with Crippen molar-refractivity contribution in [2.45, 2.75) is 24.8 Å². The summed E-state index contributed by atoms with van der Waals surface area (Å²) >= 11 is 0. The van der Waals surface area contributed by atoms with Gasteiger partial charge in [0.1, 0.15) is 22.1 Å². The van der Waals surface area contributed by atoms with E-state index in [1.807, 2.05) is 13.0 Å². The van der Waals surface area contributed by atoms with Gasteiger partial charge in [-0.2, -0.15) is 23.0 Å². The lowest BCUT2D eigenvalue weighted by Gasteiger charge is -2.34. The van der Waals surface area contributed by atoms with Gasteiger partial charge in [0.05, 0.1) is 36.3 Å². The molecule has 10 nitrogen and oxygen atoms in total. The Morgan fingerprint density at radius 2 is 2.13 bits per heavy atom. The monoisotopic (exact) mass is 427 g/mol. The minimum atomic E-state index is -3.93. The molecule has 156 valence electrons. The number of fused-ring (bicyclic) bond motifs is 1. The Kier molecular flexibility index (Phi) is 4.26. The first-order valence-corrected chi connectivity index (χ1v) is 11.0. The number of hydrogen-bond acceptors (Lipinski definition) is 7. The van der Waals surface area contributed by atoms with Crippen LogP contribution in [0.5, 0.6) is 0 Å². The number of aromatic amines is 1. The van der Waals surface area contributed by atoms with Crippen LogP contribution < -0.4 is 4.90 Å². The smallest absolute Gasteiger partial charge is 0.285 e. The number of sulfonamides is 1. The van der Waals surface area contributed by atoms with Gasteiger partial charge in [0.2, 0.25) is 0 Å². The molecule has 0 aliphatic carbocycles. The fourth-order valence-corrected chi connectivity index (χ4v) is 5.26. The summed E-state index contributed by atoms with van der Waals surface area (Å²) in [6.45, 7) is 5.72. The molecule has 0 spiro atoms. The van der Waals surface area contributed by atoms with E-state index >= 15 is 0 Å². The van der Waals surface area contributed by atoms with Crippen LogP contribution in [0, 0.1) is 6.92 Å². The molecule has 0 saturated carbocycles. The van der Waals surface area contributed by atoms with E-state index in [-0.39, 0.29) is 16.6 Å². The van der Waals surface area contributed by atoms with E-state index in [0.717, 1.165) is 5.69 Å². The predicted molar refractivity (Wildman–Crippen MR) is 110 cm³/mol. The zero-order chi connectivity index (χ0) is 21.0. The summed E-state index contributed by atoms with van der Waals surface area (Å²) < 4.78 is 37.5. The average molecular weight is 427 g/mol. The highest BCUT2D eigenvalue weighted by Crippen LogP contribution is 2.38. The van der Waals surface area contributed by atoms with Gasteiger partial charge < -0.3 is 9.64 Å². The van der Waals surface area contributed by atoms with Crippen molar-refractivity contribution in [2.75, 3.05) is 24.7 Å². The van der Waals surface area contributed by atoms with Crippen molar-refractivity contribution in [3.8, 4) is 11.3 Å². The molecule has 3 aromatic rings. The summed E-state index contributed by atoms with van der Waals surface area (Å²) in [5.41, 5.74) is 3.07. The lowest BCUT2D eigenvalue weighted by atomic mass is 10.1. The molecule has 2 aliphatic heterocycles. The van der Waals surface area contributed by atoms with Crippen LogP contribution in [-0.2, 0) is 21.8 Å². The van der Waals surface area contributed by atoms with Crippen LogP contribution in [-0.4, -0.2) is 64.9 Å². The molecule has 5 rings (SSSR count). The number of hydrogen-bond donors (Lipinski definition) is 1. The molecule has 0 aromatic carbocycles. The third-order valence-corrected chi connectivity index (χ3v) is 6.73. The van der Waals surface area contributed by atoms with Gasteiger partial charge >= 0.3 is 0 Å². The van der Waals surface area contributed by atoms with Crippen LogP contribution in [0.2, 0.25) is 0 Å². The Morgan fingerprint density at radius 1 is 1.30 bits per heavy atom. The number of rotatable bonds is 3. The molecule has 11 heteroatoms. The van der Waals surface area contributed by atoms with E-state index in [2.05, 4.69) is 31.5 Å². The molecule has 1 N–H and O–H groups in total. The van der Waals surface area contributed by atoms with E-state index < -0.39 is 10.0 Å². The first-order chi connectivity index (χ1) is 14.3. The molecule has 0 amide bonds. The van der Waals surface area contributed by atoms with Crippen LogP contribution in [0.25, 0.3) is 11.3 Å². The molecule has 1 saturated heterocycles. The standard InChI is InChI=1S/C19H21N7O3S/c1-11-8-14(23-22-11)17-18-19(30(27,28)24-17)13(15-4-5-20-25(15)3)9-16(21-18)26-6-7-29-10-12(26)2/h4-5,8-9,12H,6-7,10H2,1-3H3,(H,22,23)/t12-/m1/s1. The molecule has 0 bridgehead atoms. The Labute approximate surface area is 173 Å². The molecule has 1 fully saturated rings. The number of anilines is 1. The maximum Gasteiger partial charge on any atom is 0.285 e. The SMILES string of the molecule is Cc1cc(C2=NS(=O)(=O)c3c(-c4ccnn4C)cc(N4CCOC[C@H]4C)nc32)[nH]n1. The Morgan fingerprint density at radius 3 is 2.80 bits per heavy atom. The fourth-order valence-electron chi connectivity index (χ4n) is 3.91. The van der Waals surface area contributed by atoms with Crippen LogP contribution in [0.4, 0.5) is 5.82 Å². The van der Waals surface area contributed by atoms with Gasteiger partial charge in [-0.05, 0) is 32.0 Å². The van der Waals surface area contributed by atoms with Gasteiger partial charge in [0.25, 0.3) is 10.0 Å². The highest BCUT2D eigenvalue weighted by Gasteiger charge is 2.37. The number of aromatic nitrogens is 5. The number of pyridine rings is 1. The summed E-state index contributed by atoms with van der Waals surface area (Å²) in [5.74, 6) is 0.682. The van der Waals surface area contributed by atoms with Crippen molar-refractivity contribution >= 4 is 21.6 Å². The third-order valence-electron chi connectivity index (χ3n) is 5.37. The van der Waals surface area contributed by atoms with E-state index in [0.29, 0.717) is 48.2 Å². The summed E-state index contributed by atoms with van der Waals surface area (Å²) in [6, 6.07) is 5.47. The molecular formula is C19H21N7O3S. The number of ether oxygens (including phenoxy) is 1. The molecule has 0 unspecified atom stereocenters. The second kappa shape index (κ2) is 6.74. The van der Waals surface area contributed by atoms with Crippen molar-refractivity contribution in [1.29, 1.82) is 0 Å². The first kappa shape index (κ1) is 18.9. The topological polar surface area (TPSA) is 118 Å². The van der Waals surface area contributed by atoms with Gasteiger partial charge in [0, 0.05) is 25.4 Å². The van der Waals surface area contributed by atoms with Crippen LogP contribution in [0.3, 0.4) is 0 Å². The average Bonchev–Trinajstić information content (AvgIpc) is 3.39. The molecule has 30 heavy (non-hydrogen) atoms. The van der Waals surface area contributed by atoms with Crippen molar-refractivity contribution in [2.24, 2.45) is 11.4 Å². The number of aryl methyl sites for hydroxylation is 2. The maximum atomic E-state index is 13.1. The van der Waals surface area contributed by atoms with Gasteiger partial charge in [-0.15, -0.1) is 0 Å². The molecule has 3 aromatic heterocycles. The predicted octanol–water partition coefficient (Wildman–Crippen LogP) is 1.28. The highest BCUT2D eigenvalue weighted by atomic mass is 32.2. The molecule has 1 atom stereocenters. The summed E-state index contributed by atoms with van der Waals surface area (Å²) in [6.07, 6.45) is 1.64. The van der Waals surface area contributed by atoms with Crippen molar-refractivity contribution in [1.82, 2.24) is 25.0 Å². The maximum absolute atomic E-state index is 13.1. The van der Waals surface area contributed by atoms with E-state index in [4.69, 9.17) is 9.72 Å². The van der Waals surface area contributed by atoms with E-state index in [1.54, 1.807) is 30.1 Å². The highest BCUT2D eigenvalue weighted by molar-refractivity contribution is 7.91. The van der Waals surface area contributed by atoms with Gasteiger partial charge in [-0.25, -0.2) is 4.98 Å². The number of H-pyrrole nitrogens is 1. The van der Waals surface area contributed by atoms with Crippen LogP contribution >= 0.6 is 0 Å². The van der Waals surface area contributed by atoms with Gasteiger partial charge in [-0.1, -0.05) is 0 Å². The van der Waals surface area contributed by atoms with Crippen molar-refractivity contribution < 1.29 is 13.2 Å². The second-order valence-corrected chi connectivity index (χ2v) is 9.04. The Hall–Kier alpha value is -3.05. The lowest BCUT2D eigenvalue weighted by Crippen LogP contribution is -2.44. The second-order valence-electron chi connectivity index (χ2n) is 7.50. The summed E-state index contributed by atoms with van der Waals surface area (Å²) in [7, 11) is -2.16. The quantitative estimate of drug-likeness (QED) is 0.669. The molecule has 5 heterocycles. The zero-order valence-corrected chi connectivity index (χ0v) is 17.6. The van der Waals surface area contributed by atoms with Crippen LogP contribution in [0.15, 0.2) is 33.7 Å². The number of morpholine rings is 1. The fraction of sp³-hybridized carbons (Fsp3) is 0.368. The Bertz CT molecular complexity index is 1280. The minimum Gasteiger partial charge on any atom is -0.377 e. The molecular weight excluding hydrogens is 406 g/mol. The molecule has 0 radical (unpaired) electrons. The minimum absolute atomic E-state index is 0.0954. The van der Waals surface area contributed by atoms with E-state index in [1.165, 1.54) is 0 Å². The van der Waals surface area contributed by atoms with E-state index in [9.17, 15) is 8.42 Å². The first-order valence-electron chi connectivity index (χ1n) is 9.60. The largest absolute Gasteiger partial charge is 0.377 e. The van der Waals surface area contributed by atoms with Gasteiger partial charge in [0.15, 0.2) is 0 Å². The number of nitrogens with one attached hydrogen (secondary N) is 1. The summed E-state index contributed by atoms with van der Waals surface area (Å²) in [5, 5.41) is 11.2. The Balaban J connectivity index is 1.78. The number of nitrogens with zero attached hydrogens (tertiary/aromatic N) is 6. The third kappa shape index (κ3) is 2.92.